The van der Waals surface area contributed by atoms with Crippen LogP contribution in [0.3, 0.4) is 0 Å². The summed E-state index contributed by atoms with van der Waals surface area (Å²) >= 11 is 6.19. The number of likely N-dealkylation sites (tertiary alicyclic amines) is 1. The van der Waals surface area contributed by atoms with E-state index in [2.05, 4.69) is 15.0 Å². The van der Waals surface area contributed by atoms with Gasteiger partial charge in [-0.2, -0.15) is 13.2 Å². The van der Waals surface area contributed by atoms with E-state index in [0.29, 0.717) is 31.5 Å². The minimum atomic E-state index is -4.57. The van der Waals surface area contributed by atoms with Gasteiger partial charge in [0.15, 0.2) is 0 Å². The standard InChI is InChI=1S/C24H29ClF4N4O3/c1-14(36-12-24(27,28)29)22(34)31-20-11-32(6-4-18(20)15-7-16(25)9-17(26)8-15)23(35)19-3-2-5-33-13-30-10-21(19)33/h2,5,7-8,13-14,16,18-21H,3-4,6,9-12H2,1H3,(H,31,34)/t14-,16?,18-,19?,20+,21?/m0/s1. The molecule has 7 nitrogen and oxygen atoms in total. The third-order valence-electron chi connectivity index (χ3n) is 6.97. The molecule has 1 saturated heterocycles. The van der Waals surface area contributed by atoms with E-state index in [1.54, 1.807) is 17.3 Å². The number of fused-ring (bicyclic) bond motifs is 1. The first-order chi connectivity index (χ1) is 17.0. The number of nitrogens with zero attached hydrogens (tertiary/aromatic N) is 3. The van der Waals surface area contributed by atoms with E-state index in [4.69, 9.17) is 11.6 Å². The van der Waals surface area contributed by atoms with Crippen molar-refractivity contribution in [3.63, 3.8) is 0 Å². The molecule has 3 heterocycles. The minimum absolute atomic E-state index is 0.0664. The Labute approximate surface area is 211 Å². The van der Waals surface area contributed by atoms with Crippen molar-refractivity contribution in [1.29, 1.82) is 0 Å². The Kier molecular flexibility index (Phi) is 8.09. The van der Waals surface area contributed by atoms with Crippen molar-refractivity contribution in [2.75, 3.05) is 26.2 Å². The fraction of sp³-hybridized carbons (Fsp3) is 0.625. The number of nitrogens with one attached hydrogen (secondary N) is 1. The van der Waals surface area contributed by atoms with Gasteiger partial charge in [-0.05, 0) is 31.4 Å². The van der Waals surface area contributed by atoms with Crippen LogP contribution in [0.15, 0.2) is 40.8 Å². The summed E-state index contributed by atoms with van der Waals surface area (Å²) in [6.07, 6.45) is 3.79. The first-order valence-electron chi connectivity index (χ1n) is 11.9. The maximum atomic E-state index is 14.2. The first-order valence-corrected chi connectivity index (χ1v) is 12.4. The first kappa shape index (κ1) is 26.7. The topological polar surface area (TPSA) is 74.2 Å². The van der Waals surface area contributed by atoms with Crippen LogP contribution in [0.1, 0.15) is 26.2 Å². The van der Waals surface area contributed by atoms with Gasteiger partial charge in [0.2, 0.25) is 11.8 Å². The number of hydrogen-bond donors (Lipinski definition) is 1. The molecular weight excluding hydrogens is 504 g/mol. The summed E-state index contributed by atoms with van der Waals surface area (Å²) < 4.78 is 56.5. The van der Waals surface area contributed by atoms with Crippen LogP contribution in [-0.4, -0.2) is 83.9 Å². The average molecular weight is 533 g/mol. The van der Waals surface area contributed by atoms with Crippen molar-refractivity contribution < 1.29 is 31.9 Å². The SMILES string of the molecule is C[C@H](OCC(F)(F)F)C(=O)N[C@@H]1CN(C(=O)C2CC=CN3C=NCC23)CC[C@H]1C1=CC(Cl)CC(F)=C1. The van der Waals surface area contributed by atoms with Gasteiger partial charge in [0.05, 0.1) is 36.3 Å². The van der Waals surface area contributed by atoms with Gasteiger partial charge in [0.25, 0.3) is 0 Å². The number of rotatable bonds is 6. The summed E-state index contributed by atoms with van der Waals surface area (Å²) in [6, 6.07) is -0.724. The quantitative estimate of drug-likeness (QED) is 0.421. The molecule has 0 radical (unpaired) electrons. The molecule has 0 spiro atoms. The van der Waals surface area contributed by atoms with Crippen molar-refractivity contribution in [2.45, 2.75) is 55.9 Å². The van der Waals surface area contributed by atoms with Crippen molar-refractivity contribution in [2.24, 2.45) is 16.8 Å². The number of piperidine rings is 1. The van der Waals surface area contributed by atoms with E-state index < -0.39 is 36.2 Å². The average Bonchev–Trinajstić information content (AvgIpc) is 3.30. The van der Waals surface area contributed by atoms with Crippen molar-refractivity contribution in [3.05, 3.63) is 35.8 Å². The molecule has 0 bridgehead atoms. The smallest absolute Gasteiger partial charge is 0.359 e. The van der Waals surface area contributed by atoms with Gasteiger partial charge in [0.1, 0.15) is 18.5 Å². The van der Waals surface area contributed by atoms with Gasteiger partial charge in [-0.25, -0.2) is 4.39 Å². The Balaban J connectivity index is 1.49. The Morgan fingerprint density at radius 1 is 1.36 bits per heavy atom. The number of alkyl halides is 4. The number of amides is 2. The van der Waals surface area contributed by atoms with E-state index in [-0.39, 0.29) is 42.6 Å². The normalized spacial score (nSPS) is 31.0. The number of aliphatic imine (C=N–C) groups is 1. The lowest BCUT2D eigenvalue weighted by Gasteiger charge is -2.43. The lowest BCUT2D eigenvalue weighted by molar-refractivity contribution is -0.186. The molecule has 6 atom stereocenters. The summed E-state index contributed by atoms with van der Waals surface area (Å²) in [4.78, 5) is 34.1. The maximum absolute atomic E-state index is 14.2. The van der Waals surface area contributed by atoms with E-state index in [9.17, 15) is 27.2 Å². The molecule has 1 N–H and O–H groups in total. The van der Waals surface area contributed by atoms with Gasteiger partial charge in [-0.1, -0.05) is 12.2 Å². The van der Waals surface area contributed by atoms with Gasteiger partial charge in [0, 0.05) is 31.6 Å². The van der Waals surface area contributed by atoms with E-state index in [1.807, 2.05) is 17.2 Å². The molecule has 12 heteroatoms. The third kappa shape index (κ3) is 6.29. The van der Waals surface area contributed by atoms with Gasteiger partial charge >= 0.3 is 6.18 Å². The van der Waals surface area contributed by atoms with E-state index >= 15 is 0 Å². The van der Waals surface area contributed by atoms with Crippen molar-refractivity contribution in [1.82, 2.24) is 15.1 Å². The number of carbonyl (C=O) groups is 2. The maximum Gasteiger partial charge on any atom is 0.411 e. The highest BCUT2D eigenvalue weighted by atomic mass is 35.5. The molecule has 4 rings (SSSR count). The predicted molar refractivity (Wildman–Crippen MR) is 126 cm³/mol. The molecule has 4 aliphatic rings. The summed E-state index contributed by atoms with van der Waals surface area (Å²) in [5.74, 6) is -1.86. The molecule has 3 unspecified atom stereocenters. The molecule has 36 heavy (non-hydrogen) atoms. The Morgan fingerprint density at radius 2 is 2.14 bits per heavy atom. The summed E-state index contributed by atoms with van der Waals surface area (Å²) in [6.45, 7) is 0.722. The zero-order chi connectivity index (χ0) is 26.0. The fourth-order valence-electron chi connectivity index (χ4n) is 5.16. The van der Waals surface area contributed by atoms with Crippen LogP contribution in [0.2, 0.25) is 0 Å². The highest BCUT2D eigenvalue weighted by Crippen LogP contribution is 2.34. The second-order valence-electron chi connectivity index (χ2n) is 9.56. The molecule has 0 aromatic heterocycles. The zero-order valence-electron chi connectivity index (χ0n) is 19.8. The molecule has 0 aromatic rings. The van der Waals surface area contributed by atoms with Crippen molar-refractivity contribution in [3.8, 4) is 0 Å². The molecule has 1 aliphatic carbocycles. The number of allylic oxidation sites excluding steroid dienone is 4. The van der Waals surface area contributed by atoms with Crippen LogP contribution in [0, 0.1) is 11.8 Å². The Morgan fingerprint density at radius 3 is 2.86 bits per heavy atom. The zero-order valence-corrected chi connectivity index (χ0v) is 20.5. The van der Waals surface area contributed by atoms with Gasteiger partial charge in [-0.3, -0.25) is 14.6 Å². The lowest BCUT2D eigenvalue weighted by atomic mass is 9.81. The van der Waals surface area contributed by atoms with E-state index in [1.165, 1.54) is 13.0 Å². The summed E-state index contributed by atoms with van der Waals surface area (Å²) in [5.41, 5.74) is 0.607. The second kappa shape index (κ2) is 10.9. The molecular formula is C24H29ClF4N4O3. The van der Waals surface area contributed by atoms with Crippen LogP contribution in [-0.2, 0) is 14.3 Å². The molecule has 198 valence electrons. The number of hydrogen-bond acceptors (Lipinski definition) is 5. The molecule has 1 fully saturated rings. The van der Waals surface area contributed by atoms with E-state index in [0.717, 1.165) is 0 Å². The van der Waals surface area contributed by atoms with Crippen LogP contribution >= 0.6 is 11.6 Å². The second-order valence-corrected chi connectivity index (χ2v) is 10.1. The highest BCUT2D eigenvalue weighted by molar-refractivity contribution is 6.22. The molecule has 3 aliphatic heterocycles. The molecule has 0 aromatic carbocycles. The monoisotopic (exact) mass is 532 g/mol. The van der Waals surface area contributed by atoms with Crippen LogP contribution in [0.5, 0.6) is 0 Å². The lowest BCUT2D eigenvalue weighted by Crippen LogP contribution is -2.58. The van der Waals surface area contributed by atoms with Gasteiger partial charge in [-0.15, -0.1) is 11.6 Å². The summed E-state index contributed by atoms with van der Waals surface area (Å²) in [5, 5.41) is 2.21. The molecule has 2 amide bonds. The highest BCUT2D eigenvalue weighted by Gasteiger charge is 2.41. The number of carbonyl (C=O) groups excluding carboxylic acids is 2. The van der Waals surface area contributed by atoms with Crippen molar-refractivity contribution >= 4 is 29.8 Å². The Bertz CT molecular complexity index is 983. The van der Waals surface area contributed by atoms with Crippen LogP contribution in [0.4, 0.5) is 17.6 Å². The third-order valence-corrected chi connectivity index (χ3v) is 7.25. The number of ether oxygens (including phenoxy) is 1. The van der Waals surface area contributed by atoms with Crippen LogP contribution < -0.4 is 5.32 Å². The fourth-order valence-corrected chi connectivity index (χ4v) is 5.46. The summed E-state index contributed by atoms with van der Waals surface area (Å²) in [7, 11) is 0. The number of halogens is 5. The predicted octanol–water partition coefficient (Wildman–Crippen LogP) is 3.32. The minimum Gasteiger partial charge on any atom is -0.359 e. The van der Waals surface area contributed by atoms with Gasteiger partial charge < -0.3 is 19.9 Å². The Hall–Kier alpha value is -2.40. The largest absolute Gasteiger partial charge is 0.411 e. The molecule has 0 saturated carbocycles. The van der Waals surface area contributed by atoms with Crippen LogP contribution in [0.25, 0.3) is 0 Å².